The van der Waals surface area contributed by atoms with Crippen molar-refractivity contribution in [3.8, 4) is 5.75 Å². The summed E-state index contributed by atoms with van der Waals surface area (Å²) in [6, 6.07) is 16.7. The quantitative estimate of drug-likeness (QED) is 0.473. The lowest BCUT2D eigenvalue weighted by Crippen LogP contribution is -2.16. The minimum Gasteiger partial charge on any atom is -0.494 e. The summed E-state index contributed by atoms with van der Waals surface area (Å²) in [5.74, 6) is 1.26. The molecule has 0 spiro atoms. The zero-order chi connectivity index (χ0) is 20.1. The standard InChI is InChI=1S/C20H21N5O3/c1-4-28-17-12-10-15(11-13-17)22-20-21-14(2)18(25(26)27)19(23-20)24(3)16-8-6-5-7-9-16/h5-13H,4H2,1-3H3,(H,21,22,23). The van der Waals surface area contributed by atoms with E-state index in [0.29, 0.717) is 6.61 Å². The lowest BCUT2D eigenvalue weighted by molar-refractivity contribution is -0.385. The smallest absolute Gasteiger partial charge is 0.333 e. The van der Waals surface area contributed by atoms with Crippen molar-refractivity contribution >= 4 is 28.8 Å². The summed E-state index contributed by atoms with van der Waals surface area (Å²) in [5, 5.41) is 14.7. The van der Waals surface area contributed by atoms with Crippen molar-refractivity contribution in [2.45, 2.75) is 13.8 Å². The van der Waals surface area contributed by atoms with E-state index in [2.05, 4.69) is 15.3 Å². The monoisotopic (exact) mass is 379 g/mol. The van der Waals surface area contributed by atoms with Crippen LogP contribution in [0.4, 0.5) is 28.8 Å². The first-order valence-corrected chi connectivity index (χ1v) is 8.81. The SMILES string of the molecule is CCOc1ccc(Nc2nc(C)c([N+](=O)[O-])c(N(C)c3ccccc3)n2)cc1. The van der Waals surface area contributed by atoms with Gasteiger partial charge >= 0.3 is 5.69 Å². The van der Waals surface area contributed by atoms with E-state index in [1.165, 1.54) is 0 Å². The molecule has 0 unspecified atom stereocenters. The van der Waals surface area contributed by atoms with E-state index in [1.807, 2.05) is 61.5 Å². The Morgan fingerprint density at radius 1 is 1.11 bits per heavy atom. The molecule has 3 aromatic rings. The summed E-state index contributed by atoms with van der Waals surface area (Å²) in [5.41, 5.74) is 1.70. The number of nitro groups is 1. The van der Waals surface area contributed by atoms with Crippen molar-refractivity contribution in [3.63, 3.8) is 0 Å². The van der Waals surface area contributed by atoms with E-state index in [0.717, 1.165) is 17.1 Å². The molecule has 1 N–H and O–H groups in total. The molecule has 1 aromatic heterocycles. The highest BCUT2D eigenvalue weighted by Gasteiger charge is 2.25. The highest BCUT2D eigenvalue weighted by molar-refractivity contribution is 5.71. The predicted molar refractivity (Wildman–Crippen MR) is 109 cm³/mol. The zero-order valence-electron chi connectivity index (χ0n) is 15.9. The molecule has 8 heteroatoms. The summed E-state index contributed by atoms with van der Waals surface area (Å²) in [6.45, 7) is 4.11. The summed E-state index contributed by atoms with van der Waals surface area (Å²) in [4.78, 5) is 21.5. The number of hydrogen-bond acceptors (Lipinski definition) is 7. The lowest BCUT2D eigenvalue weighted by atomic mass is 10.2. The summed E-state index contributed by atoms with van der Waals surface area (Å²) in [6.07, 6.45) is 0. The number of para-hydroxylation sites is 1. The van der Waals surface area contributed by atoms with Crippen LogP contribution in [0.5, 0.6) is 5.75 Å². The fourth-order valence-electron chi connectivity index (χ4n) is 2.76. The van der Waals surface area contributed by atoms with Gasteiger partial charge in [0.05, 0.1) is 11.5 Å². The Balaban J connectivity index is 1.97. The molecule has 3 rings (SSSR count). The Labute approximate surface area is 163 Å². The van der Waals surface area contributed by atoms with Gasteiger partial charge in [0, 0.05) is 18.4 Å². The Hall–Kier alpha value is -3.68. The molecule has 0 amide bonds. The largest absolute Gasteiger partial charge is 0.494 e. The number of nitrogens with zero attached hydrogens (tertiary/aromatic N) is 4. The minimum absolute atomic E-state index is 0.122. The topological polar surface area (TPSA) is 93.4 Å². The second-order valence-corrected chi connectivity index (χ2v) is 6.04. The molecule has 0 saturated heterocycles. The van der Waals surface area contributed by atoms with Crippen LogP contribution >= 0.6 is 0 Å². The van der Waals surface area contributed by atoms with Gasteiger partial charge in [0.25, 0.3) is 0 Å². The van der Waals surface area contributed by atoms with Crippen LogP contribution in [0.2, 0.25) is 0 Å². The maximum atomic E-state index is 11.6. The van der Waals surface area contributed by atoms with Crippen LogP contribution in [0.3, 0.4) is 0 Å². The van der Waals surface area contributed by atoms with Gasteiger partial charge in [0.1, 0.15) is 11.4 Å². The number of anilines is 4. The third-order valence-corrected chi connectivity index (χ3v) is 4.11. The van der Waals surface area contributed by atoms with Crippen LogP contribution in [0, 0.1) is 17.0 Å². The minimum atomic E-state index is -0.454. The van der Waals surface area contributed by atoms with Crippen molar-refractivity contribution in [1.29, 1.82) is 0 Å². The first-order chi connectivity index (χ1) is 13.5. The van der Waals surface area contributed by atoms with Gasteiger partial charge in [-0.05, 0) is 50.2 Å². The molecule has 0 saturated carbocycles. The van der Waals surface area contributed by atoms with Gasteiger partial charge in [0.2, 0.25) is 11.8 Å². The maximum absolute atomic E-state index is 11.6. The molecule has 0 fully saturated rings. The fourth-order valence-corrected chi connectivity index (χ4v) is 2.76. The summed E-state index contributed by atoms with van der Waals surface area (Å²) >= 11 is 0. The number of benzene rings is 2. The van der Waals surface area contributed by atoms with Crippen LogP contribution in [0.1, 0.15) is 12.6 Å². The average molecular weight is 379 g/mol. The highest BCUT2D eigenvalue weighted by Crippen LogP contribution is 2.33. The molecule has 8 nitrogen and oxygen atoms in total. The maximum Gasteiger partial charge on any atom is 0.333 e. The highest BCUT2D eigenvalue weighted by atomic mass is 16.6. The van der Waals surface area contributed by atoms with Crippen LogP contribution in [0.15, 0.2) is 54.6 Å². The number of aryl methyl sites for hydroxylation is 1. The molecule has 0 aliphatic heterocycles. The number of nitrogens with one attached hydrogen (secondary N) is 1. The zero-order valence-corrected chi connectivity index (χ0v) is 15.9. The first kappa shape index (κ1) is 19.1. The van der Waals surface area contributed by atoms with E-state index in [1.54, 1.807) is 18.9 Å². The van der Waals surface area contributed by atoms with Gasteiger partial charge in [-0.15, -0.1) is 0 Å². The van der Waals surface area contributed by atoms with Gasteiger partial charge in [-0.25, -0.2) is 4.98 Å². The van der Waals surface area contributed by atoms with Crippen molar-refractivity contribution in [2.24, 2.45) is 0 Å². The third-order valence-electron chi connectivity index (χ3n) is 4.11. The molecular weight excluding hydrogens is 358 g/mol. The van der Waals surface area contributed by atoms with Gasteiger partial charge in [0.15, 0.2) is 0 Å². The van der Waals surface area contributed by atoms with E-state index >= 15 is 0 Å². The van der Waals surface area contributed by atoms with Crippen LogP contribution in [0.25, 0.3) is 0 Å². The van der Waals surface area contributed by atoms with Gasteiger partial charge in [-0.3, -0.25) is 10.1 Å². The second-order valence-electron chi connectivity index (χ2n) is 6.04. The first-order valence-electron chi connectivity index (χ1n) is 8.81. The van der Waals surface area contributed by atoms with E-state index < -0.39 is 4.92 Å². The van der Waals surface area contributed by atoms with Crippen molar-refractivity contribution in [2.75, 3.05) is 23.9 Å². The van der Waals surface area contributed by atoms with Gasteiger partial charge < -0.3 is 15.0 Å². The normalized spacial score (nSPS) is 10.4. The van der Waals surface area contributed by atoms with Crippen molar-refractivity contribution in [3.05, 3.63) is 70.4 Å². The number of hydrogen-bond donors (Lipinski definition) is 1. The van der Waals surface area contributed by atoms with Crippen molar-refractivity contribution in [1.82, 2.24) is 9.97 Å². The molecule has 1 heterocycles. The summed E-state index contributed by atoms with van der Waals surface area (Å²) < 4.78 is 5.43. The molecule has 28 heavy (non-hydrogen) atoms. The average Bonchev–Trinajstić information content (AvgIpc) is 2.69. The van der Waals surface area contributed by atoms with Gasteiger partial charge in [-0.2, -0.15) is 4.98 Å². The Morgan fingerprint density at radius 2 is 1.79 bits per heavy atom. The molecule has 0 aliphatic rings. The second kappa shape index (κ2) is 8.34. The van der Waals surface area contributed by atoms with E-state index in [4.69, 9.17) is 4.74 Å². The number of rotatable bonds is 7. The van der Waals surface area contributed by atoms with Crippen LogP contribution in [-0.4, -0.2) is 28.5 Å². The molecule has 2 aromatic carbocycles. The van der Waals surface area contributed by atoms with Crippen molar-refractivity contribution < 1.29 is 9.66 Å². The molecule has 0 atom stereocenters. The van der Waals surface area contributed by atoms with Crippen LogP contribution in [-0.2, 0) is 0 Å². The molecule has 144 valence electrons. The number of ether oxygens (including phenoxy) is 1. The third kappa shape index (κ3) is 4.17. The molecule has 0 aliphatic carbocycles. The molecular formula is C20H21N5O3. The van der Waals surface area contributed by atoms with E-state index in [-0.39, 0.29) is 23.1 Å². The predicted octanol–water partition coefficient (Wildman–Crippen LogP) is 4.60. The summed E-state index contributed by atoms with van der Waals surface area (Å²) in [7, 11) is 1.74. The van der Waals surface area contributed by atoms with Crippen LogP contribution < -0.4 is 15.0 Å². The molecule has 0 bridgehead atoms. The number of aromatic nitrogens is 2. The lowest BCUT2D eigenvalue weighted by Gasteiger charge is -2.19. The Kier molecular flexibility index (Phi) is 5.69. The molecule has 0 radical (unpaired) electrons. The Morgan fingerprint density at radius 3 is 2.39 bits per heavy atom. The van der Waals surface area contributed by atoms with Gasteiger partial charge in [-0.1, -0.05) is 18.2 Å². The Bertz CT molecular complexity index is 962. The fraction of sp³-hybridized carbons (Fsp3) is 0.200. The van der Waals surface area contributed by atoms with E-state index in [9.17, 15) is 10.1 Å².